The van der Waals surface area contributed by atoms with Gasteiger partial charge in [-0.1, -0.05) is 30.3 Å². The van der Waals surface area contributed by atoms with Crippen molar-refractivity contribution in [1.82, 2.24) is 5.32 Å². The van der Waals surface area contributed by atoms with Crippen molar-refractivity contribution in [3.8, 4) is 5.75 Å². The average Bonchev–Trinajstić information content (AvgIpc) is 2.40. The van der Waals surface area contributed by atoms with Gasteiger partial charge in [0.05, 0.1) is 5.56 Å². The highest BCUT2D eigenvalue weighted by molar-refractivity contribution is 9.10. The Kier molecular flexibility index (Phi) is 4.22. The van der Waals surface area contributed by atoms with Crippen molar-refractivity contribution < 1.29 is 9.90 Å². The minimum Gasteiger partial charge on any atom is -0.508 e. The van der Waals surface area contributed by atoms with Crippen LogP contribution in [-0.2, 0) is 6.54 Å². The fourth-order valence-corrected chi connectivity index (χ4v) is 2.20. The van der Waals surface area contributed by atoms with Crippen LogP contribution in [0.5, 0.6) is 5.75 Å². The molecule has 0 unspecified atom stereocenters. The molecule has 2 N–H and O–H groups in total. The molecule has 0 saturated heterocycles. The number of aromatic hydroxyl groups is 1. The fourth-order valence-electron chi connectivity index (χ4n) is 1.75. The molecule has 0 spiro atoms. The van der Waals surface area contributed by atoms with Crippen LogP contribution in [0.2, 0.25) is 0 Å². The van der Waals surface area contributed by atoms with Gasteiger partial charge in [0.1, 0.15) is 5.75 Å². The minimum atomic E-state index is -0.168. The number of amides is 1. The first-order valence-corrected chi connectivity index (χ1v) is 6.69. The van der Waals surface area contributed by atoms with Crippen LogP contribution in [-0.4, -0.2) is 11.0 Å². The lowest BCUT2D eigenvalue weighted by Crippen LogP contribution is -2.23. The molecule has 0 saturated carbocycles. The van der Waals surface area contributed by atoms with E-state index in [4.69, 9.17) is 0 Å². The Balaban J connectivity index is 2.10. The Morgan fingerprint density at radius 3 is 2.68 bits per heavy atom. The Hall–Kier alpha value is -1.81. The Morgan fingerprint density at radius 1 is 1.21 bits per heavy atom. The molecule has 4 heteroatoms. The molecule has 3 nitrogen and oxygen atoms in total. The number of rotatable bonds is 3. The third kappa shape index (κ3) is 3.15. The maximum absolute atomic E-state index is 12.1. The third-order valence-corrected chi connectivity index (χ3v) is 3.92. The van der Waals surface area contributed by atoms with Crippen LogP contribution >= 0.6 is 15.9 Å². The molecule has 0 aliphatic rings. The molecule has 2 aromatic carbocycles. The van der Waals surface area contributed by atoms with Gasteiger partial charge in [0.2, 0.25) is 0 Å². The Bertz CT molecular complexity index is 611. The summed E-state index contributed by atoms with van der Waals surface area (Å²) in [5.74, 6) is 0.0185. The van der Waals surface area contributed by atoms with Crippen LogP contribution in [0.1, 0.15) is 21.5 Å². The molecule has 0 fully saturated rings. The maximum atomic E-state index is 12.1. The molecule has 0 aromatic heterocycles. The molecule has 1 amide bonds. The molecular weight excluding hydrogens is 306 g/mol. The van der Waals surface area contributed by atoms with E-state index in [1.807, 2.05) is 25.1 Å². The second kappa shape index (κ2) is 5.89. The first kappa shape index (κ1) is 13.6. The Morgan fingerprint density at radius 2 is 1.95 bits per heavy atom. The number of aryl methyl sites for hydroxylation is 1. The van der Waals surface area contributed by atoms with Crippen LogP contribution in [0.25, 0.3) is 0 Å². The summed E-state index contributed by atoms with van der Waals surface area (Å²) in [6, 6.07) is 12.5. The van der Waals surface area contributed by atoms with Crippen molar-refractivity contribution >= 4 is 21.8 Å². The first-order chi connectivity index (χ1) is 9.09. The second-order valence-corrected chi connectivity index (χ2v) is 5.04. The number of carbonyl (C=O) groups excluding carboxylic acids is 1. The molecule has 0 radical (unpaired) electrons. The van der Waals surface area contributed by atoms with Crippen molar-refractivity contribution in [3.05, 3.63) is 63.6 Å². The van der Waals surface area contributed by atoms with Gasteiger partial charge in [-0.25, -0.2) is 0 Å². The summed E-state index contributed by atoms with van der Waals surface area (Å²) in [5.41, 5.74) is 2.30. The highest BCUT2D eigenvalue weighted by Gasteiger charge is 2.11. The zero-order chi connectivity index (χ0) is 13.8. The number of para-hydroxylation sites is 1. The molecule has 0 aliphatic heterocycles. The highest BCUT2D eigenvalue weighted by atomic mass is 79.9. The number of hydrogen-bond acceptors (Lipinski definition) is 2. The van der Waals surface area contributed by atoms with Gasteiger partial charge in [0, 0.05) is 16.6 Å². The largest absolute Gasteiger partial charge is 0.508 e. The standard InChI is InChI=1S/C15H14BrNO2/c1-10-5-4-7-12(14(10)16)15(19)17-9-11-6-2-3-8-13(11)18/h2-8,18H,9H2,1H3,(H,17,19). The number of benzene rings is 2. The van der Waals surface area contributed by atoms with Crippen molar-refractivity contribution in [1.29, 1.82) is 0 Å². The van der Waals surface area contributed by atoms with Gasteiger partial charge in [-0.05, 0) is 40.5 Å². The van der Waals surface area contributed by atoms with E-state index in [1.165, 1.54) is 0 Å². The van der Waals surface area contributed by atoms with Crippen molar-refractivity contribution in [2.24, 2.45) is 0 Å². The van der Waals surface area contributed by atoms with Crippen LogP contribution < -0.4 is 5.32 Å². The van der Waals surface area contributed by atoms with Gasteiger partial charge >= 0.3 is 0 Å². The van der Waals surface area contributed by atoms with Gasteiger partial charge in [-0.3, -0.25) is 4.79 Å². The first-order valence-electron chi connectivity index (χ1n) is 5.90. The zero-order valence-corrected chi connectivity index (χ0v) is 12.1. The van der Waals surface area contributed by atoms with Gasteiger partial charge < -0.3 is 10.4 Å². The SMILES string of the molecule is Cc1cccc(C(=O)NCc2ccccc2O)c1Br. The van der Waals surface area contributed by atoms with Gasteiger partial charge in [0.25, 0.3) is 5.91 Å². The summed E-state index contributed by atoms with van der Waals surface area (Å²) in [5, 5.41) is 12.4. The van der Waals surface area contributed by atoms with E-state index in [0.29, 0.717) is 17.7 Å². The molecule has 98 valence electrons. The number of hydrogen-bond donors (Lipinski definition) is 2. The fraction of sp³-hybridized carbons (Fsp3) is 0.133. The number of phenols is 1. The predicted octanol–water partition coefficient (Wildman–Crippen LogP) is 3.39. The lowest BCUT2D eigenvalue weighted by Gasteiger charge is -2.09. The van der Waals surface area contributed by atoms with Crippen LogP contribution in [0, 0.1) is 6.92 Å². The maximum Gasteiger partial charge on any atom is 0.252 e. The van der Waals surface area contributed by atoms with Gasteiger partial charge in [-0.2, -0.15) is 0 Å². The van der Waals surface area contributed by atoms with E-state index in [9.17, 15) is 9.90 Å². The van der Waals surface area contributed by atoms with E-state index >= 15 is 0 Å². The van der Waals surface area contributed by atoms with Crippen LogP contribution in [0.15, 0.2) is 46.9 Å². The summed E-state index contributed by atoms with van der Waals surface area (Å²) in [7, 11) is 0. The number of phenolic OH excluding ortho intramolecular Hbond substituents is 1. The number of halogens is 1. The molecule has 0 atom stereocenters. The quantitative estimate of drug-likeness (QED) is 0.911. The predicted molar refractivity (Wildman–Crippen MR) is 78.2 cm³/mol. The van der Waals surface area contributed by atoms with E-state index in [0.717, 1.165) is 10.0 Å². The van der Waals surface area contributed by atoms with Gasteiger partial charge in [0.15, 0.2) is 0 Å². The summed E-state index contributed by atoms with van der Waals surface area (Å²) < 4.78 is 0.796. The Labute approximate surface area is 120 Å². The van der Waals surface area contributed by atoms with Crippen molar-refractivity contribution in [2.45, 2.75) is 13.5 Å². The number of carbonyl (C=O) groups is 1. The van der Waals surface area contributed by atoms with Crippen LogP contribution in [0.4, 0.5) is 0 Å². The van der Waals surface area contributed by atoms with E-state index in [2.05, 4.69) is 21.2 Å². The summed E-state index contributed by atoms with van der Waals surface area (Å²) in [4.78, 5) is 12.1. The normalized spacial score (nSPS) is 10.2. The van der Waals surface area contributed by atoms with Crippen LogP contribution in [0.3, 0.4) is 0 Å². The molecule has 0 heterocycles. The molecular formula is C15H14BrNO2. The second-order valence-electron chi connectivity index (χ2n) is 4.25. The smallest absolute Gasteiger partial charge is 0.252 e. The minimum absolute atomic E-state index is 0.168. The monoisotopic (exact) mass is 319 g/mol. The van der Waals surface area contributed by atoms with Crippen molar-refractivity contribution in [2.75, 3.05) is 0 Å². The molecule has 2 aromatic rings. The number of nitrogens with one attached hydrogen (secondary N) is 1. The summed E-state index contributed by atoms with van der Waals surface area (Å²) in [6.07, 6.45) is 0. The van der Waals surface area contributed by atoms with E-state index in [1.54, 1.807) is 24.3 Å². The van der Waals surface area contributed by atoms with E-state index in [-0.39, 0.29) is 11.7 Å². The zero-order valence-electron chi connectivity index (χ0n) is 10.5. The van der Waals surface area contributed by atoms with E-state index < -0.39 is 0 Å². The van der Waals surface area contributed by atoms with Gasteiger partial charge in [-0.15, -0.1) is 0 Å². The topological polar surface area (TPSA) is 49.3 Å². The molecule has 2 rings (SSSR count). The summed E-state index contributed by atoms with van der Waals surface area (Å²) >= 11 is 3.41. The molecule has 0 aliphatic carbocycles. The summed E-state index contributed by atoms with van der Waals surface area (Å²) in [6.45, 7) is 2.23. The highest BCUT2D eigenvalue weighted by Crippen LogP contribution is 2.21. The molecule has 0 bridgehead atoms. The molecule has 19 heavy (non-hydrogen) atoms. The lowest BCUT2D eigenvalue weighted by molar-refractivity contribution is 0.0950. The average molecular weight is 320 g/mol. The lowest BCUT2D eigenvalue weighted by atomic mass is 10.1. The van der Waals surface area contributed by atoms with Crippen molar-refractivity contribution in [3.63, 3.8) is 0 Å². The third-order valence-electron chi connectivity index (χ3n) is 2.87.